The van der Waals surface area contributed by atoms with Gasteiger partial charge in [-0.15, -0.1) is 0 Å². The Morgan fingerprint density at radius 2 is 1.73 bits per heavy atom. The lowest BCUT2D eigenvalue weighted by molar-refractivity contribution is -0.137. The van der Waals surface area contributed by atoms with Crippen LogP contribution in [0.4, 0.5) is 0 Å². The van der Waals surface area contributed by atoms with Crippen LogP contribution in [-0.4, -0.2) is 36.6 Å². The lowest BCUT2D eigenvalue weighted by Gasteiger charge is -2.34. The Morgan fingerprint density at radius 3 is 2.23 bits per heavy atom. The number of amides is 1. The van der Waals surface area contributed by atoms with E-state index in [0.717, 1.165) is 18.4 Å². The molecule has 0 spiro atoms. The first-order chi connectivity index (χ1) is 10.4. The van der Waals surface area contributed by atoms with Crippen LogP contribution < -0.4 is 9.47 Å². The van der Waals surface area contributed by atoms with Crippen LogP contribution in [0.1, 0.15) is 46.1 Å². The van der Waals surface area contributed by atoms with Crippen molar-refractivity contribution in [2.24, 2.45) is 0 Å². The second-order valence-corrected chi connectivity index (χ2v) is 5.76. The van der Waals surface area contributed by atoms with Crippen LogP contribution in [0.15, 0.2) is 18.2 Å². The summed E-state index contributed by atoms with van der Waals surface area (Å²) >= 11 is 0. The van der Waals surface area contributed by atoms with Crippen LogP contribution >= 0.6 is 0 Å². The molecule has 0 radical (unpaired) electrons. The van der Waals surface area contributed by atoms with Crippen molar-refractivity contribution in [3.63, 3.8) is 0 Å². The van der Waals surface area contributed by atoms with E-state index in [9.17, 15) is 4.79 Å². The van der Waals surface area contributed by atoms with Gasteiger partial charge in [0.1, 0.15) is 0 Å². The van der Waals surface area contributed by atoms with E-state index >= 15 is 0 Å². The highest BCUT2D eigenvalue weighted by atomic mass is 16.5. The molecular formula is C18H29NO3. The summed E-state index contributed by atoms with van der Waals surface area (Å²) in [6.07, 6.45) is 1.87. The summed E-state index contributed by atoms with van der Waals surface area (Å²) in [5.41, 5.74) is 1.09. The number of hydrogen-bond acceptors (Lipinski definition) is 3. The van der Waals surface area contributed by atoms with Crippen molar-refractivity contribution < 1.29 is 14.3 Å². The lowest BCUT2D eigenvalue weighted by Crippen LogP contribution is -2.46. The molecule has 0 bridgehead atoms. The van der Waals surface area contributed by atoms with Crippen LogP contribution in [0, 0.1) is 6.92 Å². The Kier molecular flexibility index (Phi) is 7.22. The maximum Gasteiger partial charge on any atom is 0.260 e. The molecule has 22 heavy (non-hydrogen) atoms. The minimum absolute atomic E-state index is 0.0197. The van der Waals surface area contributed by atoms with Crippen molar-refractivity contribution in [2.45, 2.75) is 59.5 Å². The molecule has 0 heterocycles. The Labute approximate surface area is 134 Å². The largest absolute Gasteiger partial charge is 0.493 e. The van der Waals surface area contributed by atoms with Gasteiger partial charge in [-0.25, -0.2) is 0 Å². The molecule has 124 valence electrons. The van der Waals surface area contributed by atoms with E-state index in [-0.39, 0.29) is 24.6 Å². The summed E-state index contributed by atoms with van der Waals surface area (Å²) in [7, 11) is 1.61. The third-order valence-corrected chi connectivity index (χ3v) is 4.09. The number of benzene rings is 1. The minimum atomic E-state index is 0.0197. The predicted molar refractivity (Wildman–Crippen MR) is 89.6 cm³/mol. The van der Waals surface area contributed by atoms with Crippen LogP contribution in [-0.2, 0) is 4.79 Å². The summed E-state index contributed by atoms with van der Waals surface area (Å²) in [5, 5.41) is 0. The second kappa shape index (κ2) is 8.66. The fourth-order valence-corrected chi connectivity index (χ4v) is 2.43. The molecule has 2 unspecified atom stereocenters. The van der Waals surface area contributed by atoms with E-state index in [1.54, 1.807) is 7.11 Å². The van der Waals surface area contributed by atoms with Gasteiger partial charge in [0.2, 0.25) is 0 Å². The summed E-state index contributed by atoms with van der Waals surface area (Å²) in [6.45, 7) is 10.4. The van der Waals surface area contributed by atoms with Gasteiger partial charge in [0.15, 0.2) is 18.1 Å². The Balaban J connectivity index is 2.78. The number of ether oxygens (including phenoxy) is 2. The lowest BCUT2D eigenvalue weighted by atomic mass is 10.1. The van der Waals surface area contributed by atoms with Gasteiger partial charge in [-0.05, 0) is 51.3 Å². The topological polar surface area (TPSA) is 38.8 Å². The van der Waals surface area contributed by atoms with Gasteiger partial charge in [0, 0.05) is 12.1 Å². The second-order valence-electron chi connectivity index (χ2n) is 5.76. The van der Waals surface area contributed by atoms with Gasteiger partial charge in [0.05, 0.1) is 7.11 Å². The Bertz CT molecular complexity index is 477. The fourth-order valence-electron chi connectivity index (χ4n) is 2.43. The van der Waals surface area contributed by atoms with Crippen molar-refractivity contribution in [1.29, 1.82) is 0 Å². The molecule has 1 amide bonds. The maximum absolute atomic E-state index is 12.5. The SMILES string of the molecule is CCC(C)N(C(=O)COc1ccc(C)cc1OC)C(C)CC. The molecule has 1 aromatic carbocycles. The number of carbonyl (C=O) groups is 1. The smallest absolute Gasteiger partial charge is 0.260 e. The van der Waals surface area contributed by atoms with Crippen molar-refractivity contribution >= 4 is 5.91 Å². The number of nitrogens with zero attached hydrogens (tertiary/aromatic N) is 1. The zero-order valence-electron chi connectivity index (χ0n) is 14.7. The van der Waals surface area contributed by atoms with Gasteiger partial charge in [-0.3, -0.25) is 4.79 Å². The van der Waals surface area contributed by atoms with Crippen molar-refractivity contribution in [3.05, 3.63) is 23.8 Å². The molecule has 2 atom stereocenters. The first kappa shape index (κ1) is 18.3. The van der Waals surface area contributed by atoms with Crippen LogP contribution in [0.2, 0.25) is 0 Å². The third kappa shape index (κ3) is 4.65. The quantitative estimate of drug-likeness (QED) is 0.733. The Morgan fingerprint density at radius 1 is 1.14 bits per heavy atom. The van der Waals surface area contributed by atoms with Gasteiger partial charge in [-0.1, -0.05) is 19.9 Å². The van der Waals surface area contributed by atoms with E-state index in [0.29, 0.717) is 11.5 Å². The molecule has 0 aromatic heterocycles. The fraction of sp³-hybridized carbons (Fsp3) is 0.611. The first-order valence-electron chi connectivity index (χ1n) is 8.03. The molecule has 1 rings (SSSR count). The van der Waals surface area contributed by atoms with Crippen LogP contribution in [0.3, 0.4) is 0 Å². The molecule has 0 saturated heterocycles. The molecule has 0 N–H and O–H groups in total. The van der Waals surface area contributed by atoms with Crippen LogP contribution in [0.5, 0.6) is 11.5 Å². The van der Waals surface area contributed by atoms with Gasteiger partial charge in [0.25, 0.3) is 5.91 Å². The Hall–Kier alpha value is -1.71. The number of hydrogen-bond donors (Lipinski definition) is 0. The molecule has 0 saturated carbocycles. The molecule has 1 aromatic rings. The van der Waals surface area contributed by atoms with Crippen molar-refractivity contribution in [2.75, 3.05) is 13.7 Å². The van der Waals surface area contributed by atoms with Gasteiger partial charge >= 0.3 is 0 Å². The molecule has 4 nitrogen and oxygen atoms in total. The number of aryl methyl sites for hydroxylation is 1. The summed E-state index contributed by atoms with van der Waals surface area (Å²) in [4.78, 5) is 14.5. The van der Waals surface area contributed by atoms with Crippen molar-refractivity contribution in [1.82, 2.24) is 4.90 Å². The summed E-state index contributed by atoms with van der Waals surface area (Å²) < 4.78 is 11.0. The zero-order valence-corrected chi connectivity index (χ0v) is 14.7. The van der Waals surface area contributed by atoms with Gasteiger partial charge < -0.3 is 14.4 Å². The standard InChI is InChI=1S/C18H29NO3/c1-7-14(4)19(15(5)8-2)18(20)12-22-16-10-9-13(3)11-17(16)21-6/h9-11,14-15H,7-8,12H2,1-6H3. The average molecular weight is 307 g/mol. The molecule has 0 fully saturated rings. The van der Waals surface area contributed by atoms with Gasteiger partial charge in [-0.2, -0.15) is 0 Å². The first-order valence-corrected chi connectivity index (χ1v) is 8.03. The molecule has 0 aliphatic heterocycles. The summed E-state index contributed by atoms with van der Waals surface area (Å²) in [5.74, 6) is 1.28. The van der Waals surface area contributed by atoms with E-state index < -0.39 is 0 Å². The molecule has 0 aliphatic rings. The molecule has 4 heteroatoms. The predicted octanol–water partition coefficient (Wildman–Crippen LogP) is 3.81. The number of rotatable bonds is 8. The van der Waals surface area contributed by atoms with E-state index in [2.05, 4.69) is 27.7 Å². The normalized spacial score (nSPS) is 13.4. The highest BCUT2D eigenvalue weighted by molar-refractivity contribution is 5.78. The average Bonchev–Trinajstić information content (AvgIpc) is 2.53. The van der Waals surface area contributed by atoms with Crippen LogP contribution in [0.25, 0.3) is 0 Å². The minimum Gasteiger partial charge on any atom is -0.493 e. The number of carbonyl (C=O) groups excluding carboxylic acids is 1. The molecular weight excluding hydrogens is 278 g/mol. The van der Waals surface area contributed by atoms with E-state index in [4.69, 9.17) is 9.47 Å². The van der Waals surface area contributed by atoms with E-state index in [1.165, 1.54) is 0 Å². The monoisotopic (exact) mass is 307 g/mol. The highest BCUT2D eigenvalue weighted by Gasteiger charge is 2.24. The van der Waals surface area contributed by atoms with E-state index in [1.807, 2.05) is 30.0 Å². The maximum atomic E-state index is 12.5. The molecule has 0 aliphatic carbocycles. The highest BCUT2D eigenvalue weighted by Crippen LogP contribution is 2.27. The third-order valence-electron chi connectivity index (χ3n) is 4.09. The zero-order chi connectivity index (χ0) is 16.7. The summed E-state index contributed by atoms with van der Waals surface area (Å²) in [6, 6.07) is 6.12. The van der Waals surface area contributed by atoms with Crippen molar-refractivity contribution in [3.8, 4) is 11.5 Å². The number of methoxy groups -OCH3 is 1.